The Bertz CT molecular complexity index is 1430. The summed E-state index contributed by atoms with van der Waals surface area (Å²) in [6, 6.07) is 35.0. The van der Waals surface area contributed by atoms with Crippen LogP contribution in [-0.2, 0) is 6.42 Å². The van der Waals surface area contributed by atoms with Gasteiger partial charge in [-0.3, -0.25) is 0 Å². The highest BCUT2D eigenvalue weighted by atomic mass is 14.7. The van der Waals surface area contributed by atoms with Gasteiger partial charge in [0.1, 0.15) is 0 Å². The van der Waals surface area contributed by atoms with Crippen molar-refractivity contribution in [1.82, 2.24) is 4.98 Å². The van der Waals surface area contributed by atoms with Gasteiger partial charge in [0.05, 0.1) is 5.52 Å². The van der Waals surface area contributed by atoms with E-state index in [1.54, 1.807) is 0 Å². The molecule has 0 aliphatic rings. The molecule has 0 amide bonds. The first-order valence-corrected chi connectivity index (χ1v) is 9.76. The summed E-state index contributed by atoms with van der Waals surface area (Å²) in [6.07, 6.45) is 0.909. The quantitative estimate of drug-likeness (QED) is 0.315. The van der Waals surface area contributed by atoms with Gasteiger partial charge < -0.3 is 4.98 Å². The van der Waals surface area contributed by atoms with Crippen molar-refractivity contribution < 1.29 is 0 Å². The van der Waals surface area contributed by atoms with E-state index in [9.17, 15) is 0 Å². The highest BCUT2D eigenvalue weighted by molar-refractivity contribution is 6.09. The second kappa shape index (κ2) is 5.97. The van der Waals surface area contributed by atoms with Crippen molar-refractivity contribution in [2.24, 2.45) is 0 Å². The number of H-pyrrole nitrogens is 1. The van der Waals surface area contributed by atoms with Gasteiger partial charge in [0.25, 0.3) is 0 Å². The van der Waals surface area contributed by atoms with Crippen LogP contribution < -0.4 is 0 Å². The number of benzene rings is 5. The molecule has 1 heteroatoms. The van der Waals surface area contributed by atoms with E-state index in [4.69, 9.17) is 0 Å². The van der Waals surface area contributed by atoms with Crippen LogP contribution in [0, 0.1) is 0 Å². The molecule has 28 heavy (non-hydrogen) atoms. The summed E-state index contributed by atoms with van der Waals surface area (Å²) in [5, 5.41) is 7.89. The van der Waals surface area contributed by atoms with Crippen LogP contribution in [0.3, 0.4) is 0 Å². The van der Waals surface area contributed by atoms with E-state index in [1.807, 2.05) is 0 Å². The first-order chi connectivity index (χ1) is 13.9. The van der Waals surface area contributed by atoms with Crippen molar-refractivity contribution in [3.63, 3.8) is 0 Å². The Labute approximate surface area is 163 Å². The number of para-hydroxylation sites is 2. The highest BCUT2D eigenvalue weighted by Gasteiger charge is 2.12. The third kappa shape index (κ3) is 2.26. The molecule has 6 rings (SSSR count). The standard InChI is InChI=1S/C27H19N/c1-3-11-21-18(8-1)16-19-9-2-4-12-22(19)25(21)17-20-10-7-14-24-23-13-5-6-15-26(23)28-27(20)24/h1-16,28H,17H2. The van der Waals surface area contributed by atoms with Gasteiger partial charge in [-0.05, 0) is 44.8 Å². The van der Waals surface area contributed by atoms with Crippen molar-refractivity contribution in [3.05, 3.63) is 108 Å². The number of nitrogens with one attached hydrogen (secondary N) is 1. The predicted octanol–water partition coefficient (Wildman–Crippen LogP) is 7.22. The number of aromatic nitrogens is 1. The molecular formula is C27H19N. The van der Waals surface area contributed by atoms with Crippen molar-refractivity contribution in [3.8, 4) is 0 Å². The van der Waals surface area contributed by atoms with E-state index in [1.165, 1.54) is 54.5 Å². The number of aromatic amines is 1. The summed E-state index contributed by atoms with van der Waals surface area (Å²) in [4.78, 5) is 3.66. The molecule has 0 spiro atoms. The largest absolute Gasteiger partial charge is 0.354 e. The van der Waals surface area contributed by atoms with Crippen LogP contribution in [0.25, 0.3) is 43.4 Å². The minimum Gasteiger partial charge on any atom is -0.354 e. The maximum Gasteiger partial charge on any atom is 0.0500 e. The lowest BCUT2D eigenvalue weighted by Crippen LogP contribution is -1.93. The second-order valence-electron chi connectivity index (χ2n) is 7.48. The van der Waals surface area contributed by atoms with E-state index in [-0.39, 0.29) is 0 Å². The molecule has 0 atom stereocenters. The molecule has 0 fully saturated rings. The fraction of sp³-hybridized carbons (Fsp3) is 0.0370. The van der Waals surface area contributed by atoms with Gasteiger partial charge in [-0.2, -0.15) is 0 Å². The molecule has 0 saturated heterocycles. The summed E-state index contributed by atoms with van der Waals surface area (Å²) < 4.78 is 0. The van der Waals surface area contributed by atoms with Gasteiger partial charge in [-0.1, -0.05) is 84.9 Å². The van der Waals surface area contributed by atoms with Crippen LogP contribution in [0.1, 0.15) is 11.1 Å². The second-order valence-corrected chi connectivity index (χ2v) is 7.48. The number of hydrogen-bond acceptors (Lipinski definition) is 0. The summed E-state index contributed by atoms with van der Waals surface area (Å²) in [5.41, 5.74) is 5.20. The highest BCUT2D eigenvalue weighted by Crippen LogP contribution is 2.33. The van der Waals surface area contributed by atoms with Gasteiger partial charge >= 0.3 is 0 Å². The van der Waals surface area contributed by atoms with Crippen LogP contribution >= 0.6 is 0 Å². The Hall–Kier alpha value is -3.58. The van der Waals surface area contributed by atoms with E-state index >= 15 is 0 Å². The molecular weight excluding hydrogens is 338 g/mol. The zero-order valence-electron chi connectivity index (χ0n) is 15.4. The Morgan fingerprint density at radius 3 is 1.89 bits per heavy atom. The SMILES string of the molecule is c1ccc2c(Cc3cccc4c3[nH]c3ccccc34)c3ccccc3cc2c1. The molecule has 0 bridgehead atoms. The molecule has 1 aromatic heterocycles. The maximum absolute atomic E-state index is 3.66. The summed E-state index contributed by atoms with van der Waals surface area (Å²) >= 11 is 0. The van der Waals surface area contributed by atoms with Crippen molar-refractivity contribution >= 4 is 43.4 Å². The Kier molecular flexibility index (Phi) is 3.30. The molecule has 6 aromatic rings. The zero-order chi connectivity index (χ0) is 18.5. The average Bonchev–Trinajstić information content (AvgIpc) is 3.13. The topological polar surface area (TPSA) is 15.8 Å². The van der Waals surface area contributed by atoms with Crippen LogP contribution in [0.15, 0.2) is 97.1 Å². The van der Waals surface area contributed by atoms with Crippen LogP contribution in [0.2, 0.25) is 0 Å². The lowest BCUT2D eigenvalue weighted by molar-refractivity contribution is 1.24. The first-order valence-electron chi connectivity index (χ1n) is 9.76. The summed E-state index contributed by atoms with van der Waals surface area (Å²) in [5.74, 6) is 0. The molecule has 1 heterocycles. The minimum atomic E-state index is 0.909. The molecule has 0 aliphatic carbocycles. The third-order valence-electron chi connectivity index (χ3n) is 5.88. The van der Waals surface area contributed by atoms with Crippen LogP contribution in [-0.4, -0.2) is 4.98 Å². The van der Waals surface area contributed by atoms with Gasteiger partial charge in [0, 0.05) is 22.7 Å². The van der Waals surface area contributed by atoms with Gasteiger partial charge in [0.2, 0.25) is 0 Å². The number of hydrogen-bond donors (Lipinski definition) is 1. The van der Waals surface area contributed by atoms with E-state index in [2.05, 4.69) is 102 Å². The molecule has 0 unspecified atom stereocenters. The maximum atomic E-state index is 3.66. The number of fused-ring (bicyclic) bond motifs is 5. The lowest BCUT2D eigenvalue weighted by atomic mass is 9.92. The molecule has 1 N–H and O–H groups in total. The first kappa shape index (κ1) is 15.5. The minimum absolute atomic E-state index is 0.909. The molecule has 1 nitrogen and oxygen atoms in total. The molecule has 132 valence electrons. The third-order valence-corrected chi connectivity index (χ3v) is 5.88. The fourth-order valence-corrected chi connectivity index (χ4v) is 4.57. The van der Waals surface area contributed by atoms with E-state index in [0.29, 0.717) is 0 Å². The average molecular weight is 357 g/mol. The van der Waals surface area contributed by atoms with Crippen molar-refractivity contribution in [2.45, 2.75) is 6.42 Å². The lowest BCUT2D eigenvalue weighted by Gasteiger charge is -2.12. The van der Waals surface area contributed by atoms with Gasteiger partial charge in [-0.15, -0.1) is 0 Å². The zero-order valence-corrected chi connectivity index (χ0v) is 15.4. The van der Waals surface area contributed by atoms with Crippen LogP contribution in [0.4, 0.5) is 0 Å². The molecule has 0 aliphatic heterocycles. The van der Waals surface area contributed by atoms with Crippen molar-refractivity contribution in [1.29, 1.82) is 0 Å². The van der Waals surface area contributed by atoms with Crippen LogP contribution in [0.5, 0.6) is 0 Å². The monoisotopic (exact) mass is 357 g/mol. The van der Waals surface area contributed by atoms with Gasteiger partial charge in [0.15, 0.2) is 0 Å². The van der Waals surface area contributed by atoms with E-state index in [0.717, 1.165) is 6.42 Å². The summed E-state index contributed by atoms with van der Waals surface area (Å²) in [7, 11) is 0. The Morgan fingerprint density at radius 2 is 1.14 bits per heavy atom. The smallest absolute Gasteiger partial charge is 0.0500 e. The van der Waals surface area contributed by atoms with Gasteiger partial charge in [-0.25, -0.2) is 0 Å². The predicted molar refractivity (Wildman–Crippen MR) is 120 cm³/mol. The number of rotatable bonds is 2. The van der Waals surface area contributed by atoms with E-state index < -0.39 is 0 Å². The Balaban J connectivity index is 1.65. The van der Waals surface area contributed by atoms with Crippen molar-refractivity contribution in [2.75, 3.05) is 0 Å². The molecule has 0 radical (unpaired) electrons. The molecule has 5 aromatic carbocycles. The molecule has 0 saturated carbocycles. The Morgan fingerprint density at radius 1 is 0.536 bits per heavy atom. The summed E-state index contributed by atoms with van der Waals surface area (Å²) in [6.45, 7) is 0. The normalized spacial score (nSPS) is 11.7. The fourth-order valence-electron chi connectivity index (χ4n) is 4.57.